The van der Waals surface area contributed by atoms with Gasteiger partial charge in [-0.1, -0.05) is 19.8 Å². The van der Waals surface area contributed by atoms with Gasteiger partial charge in [-0.05, 0) is 18.3 Å². The molecule has 4 nitrogen and oxygen atoms in total. The lowest BCUT2D eigenvalue weighted by Crippen LogP contribution is -2.39. The Kier molecular flexibility index (Phi) is 3.62. The van der Waals surface area contributed by atoms with Gasteiger partial charge in [-0.2, -0.15) is 0 Å². The summed E-state index contributed by atoms with van der Waals surface area (Å²) in [7, 11) is 1.62. The molecule has 2 rings (SSSR count). The molecular weight excluding hydrogens is 214 g/mol. The van der Waals surface area contributed by atoms with Crippen LogP contribution in [0.3, 0.4) is 0 Å². The SMILES string of the molecule is COc1cc(CC(N)C2(C)CCCC2)ncn1. The highest BCUT2D eigenvalue weighted by Gasteiger charge is 2.34. The van der Waals surface area contributed by atoms with Crippen LogP contribution in [0.15, 0.2) is 12.4 Å². The van der Waals surface area contributed by atoms with Crippen molar-refractivity contribution in [1.29, 1.82) is 0 Å². The smallest absolute Gasteiger partial charge is 0.216 e. The molecule has 17 heavy (non-hydrogen) atoms. The number of hydrogen-bond donors (Lipinski definition) is 1. The molecular formula is C13H21N3O. The van der Waals surface area contributed by atoms with E-state index in [0.717, 1.165) is 12.1 Å². The van der Waals surface area contributed by atoms with Crippen molar-refractivity contribution in [1.82, 2.24) is 9.97 Å². The van der Waals surface area contributed by atoms with Gasteiger partial charge in [-0.15, -0.1) is 0 Å². The van der Waals surface area contributed by atoms with Gasteiger partial charge in [0.25, 0.3) is 0 Å². The summed E-state index contributed by atoms with van der Waals surface area (Å²) in [5, 5.41) is 0. The monoisotopic (exact) mass is 235 g/mol. The topological polar surface area (TPSA) is 61.0 Å². The summed E-state index contributed by atoms with van der Waals surface area (Å²) >= 11 is 0. The van der Waals surface area contributed by atoms with Crippen LogP contribution in [-0.4, -0.2) is 23.1 Å². The number of ether oxygens (including phenoxy) is 1. The lowest BCUT2D eigenvalue weighted by Gasteiger charge is -2.30. The molecule has 1 aromatic heterocycles. The Hall–Kier alpha value is -1.16. The fourth-order valence-electron chi connectivity index (χ4n) is 2.63. The van der Waals surface area contributed by atoms with Crippen LogP contribution in [0.25, 0.3) is 0 Å². The molecule has 0 radical (unpaired) electrons. The van der Waals surface area contributed by atoms with Crippen molar-refractivity contribution in [2.24, 2.45) is 11.1 Å². The maximum atomic E-state index is 6.34. The third-order valence-electron chi connectivity index (χ3n) is 3.98. The summed E-state index contributed by atoms with van der Waals surface area (Å²) in [6, 6.07) is 2.04. The van der Waals surface area contributed by atoms with Crippen LogP contribution in [0.5, 0.6) is 5.88 Å². The van der Waals surface area contributed by atoms with Crippen LogP contribution in [-0.2, 0) is 6.42 Å². The average Bonchev–Trinajstić information content (AvgIpc) is 2.78. The Labute approximate surface area is 103 Å². The van der Waals surface area contributed by atoms with Gasteiger partial charge in [0.2, 0.25) is 5.88 Å². The van der Waals surface area contributed by atoms with Gasteiger partial charge >= 0.3 is 0 Å². The highest BCUT2D eigenvalue weighted by Crippen LogP contribution is 2.40. The molecule has 4 heteroatoms. The number of nitrogens with zero attached hydrogens (tertiary/aromatic N) is 2. The Morgan fingerprint density at radius 3 is 2.76 bits per heavy atom. The molecule has 1 aromatic rings. The van der Waals surface area contributed by atoms with Gasteiger partial charge in [0.15, 0.2) is 0 Å². The number of hydrogen-bond acceptors (Lipinski definition) is 4. The van der Waals surface area contributed by atoms with E-state index in [1.165, 1.54) is 32.0 Å². The zero-order valence-corrected chi connectivity index (χ0v) is 10.6. The van der Waals surface area contributed by atoms with Gasteiger partial charge in [0, 0.05) is 24.2 Å². The summed E-state index contributed by atoms with van der Waals surface area (Å²) in [5.74, 6) is 0.610. The Bertz CT molecular complexity index is 375. The molecule has 1 heterocycles. The molecule has 0 aromatic carbocycles. The van der Waals surface area contributed by atoms with Crippen LogP contribution in [0.4, 0.5) is 0 Å². The molecule has 1 aliphatic carbocycles. The molecule has 0 aliphatic heterocycles. The molecule has 2 N–H and O–H groups in total. The number of methoxy groups -OCH3 is 1. The molecule has 1 aliphatic rings. The standard InChI is InChI=1S/C13H21N3O/c1-13(5-3-4-6-13)11(14)7-10-8-12(17-2)16-9-15-10/h8-9,11H,3-7,14H2,1-2H3. The van der Waals surface area contributed by atoms with E-state index in [1.807, 2.05) is 6.07 Å². The highest BCUT2D eigenvalue weighted by atomic mass is 16.5. The number of aromatic nitrogens is 2. The van der Waals surface area contributed by atoms with E-state index in [-0.39, 0.29) is 11.5 Å². The molecule has 0 bridgehead atoms. The fraction of sp³-hybridized carbons (Fsp3) is 0.692. The maximum Gasteiger partial charge on any atom is 0.216 e. The van der Waals surface area contributed by atoms with Gasteiger partial charge in [0.1, 0.15) is 6.33 Å². The minimum atomic E-state index is 0.171. The molecule has 1 unspecified atom stereocenters. The third kappa shape index (κ3) is 2.75. The predicted octanol–water partition coefficient (Wildman–Crippen LogP) is 1.94. The van der Waals surface area contributed by atoms with E-state index in [2.05, 4.69) is 16.9 Å². The zero-order valence-electron chi connectivity index (χ0n) is 10.6. The first-order valence-electron chi connectivity index (χ1n) is 6.24. The second-order valence-electron chi connectivity index (χ2n) is 5.22. The fourth-order valence-corrected chi connectivity index (χ4v) is 2.63. The van der Waals surface area contributed by atoms with E-state index in [4.69, 9.17) is 10.5 Å². The first-order chi connectivity index (χ1) is 8.14. The molecule has 1 atom stereocenters. The van der Waals surface area contributed by atoms with E-state index in [9.17, 15) is 0 Å². The third-order valence-corrected chi connectivity index (χ3v) is 3.98. The minimum Gasteiger partial charge on any atom is -0.481 e. The largest absolute Gasteiger partial charge is 0.481 e. The van der Waals surface area contributed by atoms with Crippen molar-refractivity contribution in [2.75, 3.05) is 7.11 Å². The van der Waals surface area contributed by atoms with E-state index in [0.29, 0.717) is 5.88 Å². The van der Waals surface area contributed by atoms with Gasteiger partial charge in [0.05, 0.1) is 7.11 Å². The Balaban J connectivity index is 2.04. The van der Waals surface area contributed by atoms with E-state index in [1.54, 1.807) is 7.11 Å². The Morgan fingerprint density at radius 1 is 1.41 bits per heavy atom. The van der Waals surface area contributed by atoms with Crippen LogP contribution >= 0.6 is 0 Å². The summed E-state index contributed by atoms with van der Waals surface area (Å²) < 4.78 is 5.10. The lowest BCUT2D eigenvalue weighted by molar-refractivity contribution is 0.259. The van der Waals surface area contributed by atoms with E-state index >= 15 is 0 Å². The van der Waals surface area contributed by atoms with Gasteiger partial charge in [-0.25, -0.2) is 9.97 Å². The van der Waals surface area contributed by atoms with Crippen LogP contribution in [0.2, 0.25) is 0 Å². The lowest BCUT2D eigenvalue weighted by atomic mass is 9.79. The van der Waals surface area contributed by atoms with Crippen LogP contribution in [0.1, 0.15) is 38.3 Å². The van der Waals surface area contributed by atoms with Crippen molar-refractivity contribution in [3.63, 3.8) is 0 Å². The first-order valence-corrected chi connectivity index (χ1v) is 6.24. The van der Waals surface area contributed by atoms with Gasteiger partial charge < -0.3 is 10.5 Å². The van der Waals surface area contributed by atoms with Crippen molar-refractivity contribution >= 4 is 0 Å². The zero-order chi connectivity index (χ0) is 12.3. The molecule has 0 amide bonds. The van der Waals surface area contributed by atoms with E-state index < -0.39 is 0 Å². The predicted molar refractivity (Wildman–Crippen MR) is 66.8 cm³/mol. The quantitative estimate of drug-likeness (QED) is 0.866. The van der Waals surface area contributed by atoms with Crippen molar-refractivity contribution in [2.45, 2.75) is 45.1 Å². The molecule has 1 saturated carbocycles. The van der Waals surface area contributed by atoms with Crippen molar-refractivity contribution in [3.05, 3.63) is 18.1 Å². The second kappa shape index (κ2) is 5.00. The summed E-state index contributed by atoms with van der Waals surface area (Å²) in [5.41, 5.74) is 7.58. The van der Waals surface area contributed by atoms with Crippen molar-refractivity contribution in [3.8, 4) is 5.88 Å². The summed E-state index contributed by atoms with van der Waals surface area (Å²) in [6.07, 6.45) is 7.41. The molecule has 94 valence electrons. The first kappa shape index (κ1) is 12.3. The minimum absolute atomic E-state index is 0.171. The molecule has 1 fully saturated rings. The number of nitrogens with two attached hydrogens (primary N) is 1. The van der Waals surface area contributed by atoms with Crippen molar-refractivity contribution < 1.29 is 4.74 Å². The summed E-state index contributed by atoms with van der Waals surface area (Å²) in [6.45, 7) is 2.29. The average molecular weight is 235 g/mol. The molecule has 0 saturated heterocycles. The number of rotatable bonds is 4. The highest BCUT2D eigenvalue weighted by molar-refractivity contribution is 5.15. The van der Waals surface area contributed by atoms with Crippen LogP contribution in [0, 0.1) is 5.41 Å². The summed E-state index contributed by atoms with van der Waals surface area (Å²) in [4.78, 5) is 8.26. The maximum absolute atomic E-state index is 6.34. The Morgan fingerprint density at radius 2 is 2.12 bits per heavy atom. The molecule has 0 spiro atoms. The van der Waals surface area contributed by atoms with Crippen LogP contribution < -0.4 is 10.5 Å². The van der Waals surface area contributed by atoms with Gasteiger partial charge in [-0.3, -0.25) is 0 Å². The second-order valence-corrected chi connectivity index (χ2v) is 5.22. The normalized spacial score (nSPS) is 20.2.